The third-order valence-electron chi connectivity index (χ3n) is 3.31. The first-order valence-corrected chi connectivity index (χ1v) is 6.43. The molecule has 0 aliphatic heterocycles. The van der Waals surface area contributed by atoms with Gasteiger partial charge in [-0.2, -0.15) is 0 Å². The molecule has 0 aliphatic rings. The molecule has 1 unspecified atom stereocenters. The van der Waals surface area contributed by atoms with Crippen LogP contribution in [-0.2, 0) is 6.42 Å². The largest absolute Gasteiger partial charge is 0.508 e. The van der Waals surface area contributed by atoms with Crippen molar-refractivity contribution in [2.45, 2.75) is 12.5 Å². The van der Waals surface area contributed by atoms with Gasteiger partial charge in [0.05, 0.1) is 7.11 Å². The van der Waals surface area contributed by atoms with Crippen molar-refractivity contribution in [3.05, 3.63) is 59.4 Å². The molecular formula is C16H18FNO2. The standard InChI is InChI=1S/C16H18FNO2/c1-18-14(10-11-6-8-12(19)9-7-11)16-13(17)4-3-5-15(16)20-2/h3-9,14,18-19H,10H2,1-2H3. The van der Waals surface area contributed by atoms with E-state index in [4.69, 9.17) is 4.74 Å². The molecule has 20 heavy (non-hydrogen) atoms. The van der Waals surface area contributed by atoms with Crippen LogP contribution in [0.25, 0.3) is 0 Å². The van der Waals surface area contributed by atoms with Crippen molar-refractivity contribution in [3.63, 3.8) is 0 Å². The highest BCUT2D eigenvalue weighted by molar-refractivity contribution is 5.38. The molecule has 0 saturated carbocycles. The molecule has 0 spiro atoms. The van der Waals surface area contributed by atoms with Crippen LogP contribution in [0.2, 0.25) is 0 Å². The smallest absolute Gasteiger partial charge is 0.131 e. The van der Waals surface area contributed by atoms with Crippen molar-refractivity contribution in [2.75, 3.05) is 14.2 Å². The summed E-state index contributed by atoms with van der Waals surface area (Å²) >= 11 is 0. The van der Waals surface area contributed by atoms with E-state index in [1.807, 2.05) is 12.1 Å². The van der Waals surface area contributed by atoms with Gasteiger partial charge in [-0.15, -0.1) is 0 Å². The SMILES string of the molecule is CNC(Cc1ccc(O)cc1)c1c(F)cccc1OC. The first kappa shape index (κ1) is 14.3. The monoisotopic (exact) mass is 275 g/mol. The number of phenols is 1. The van der Waals surface area contributed by atoms with Gasteiger partial charge in [0, 0.05) is 11.6 Å². The molecule has 1 atom stereocenters. The third-order valence-corrected chi connectivity index (χ3v) is 3.31. The molecule has 2 aromatic rings. The summed E-state index contributed by atoms with van der Waals surface area (Å²) in [6, 6.07) is 11.5. The molecule has 0 fully saturated rings. The van der Waals surface area contributed by atoms with Crippen molar-refractivity contribution < 1.29 is 14.2 Å². The lowest BCUT2D eigenvalue weighted by Gasteiger charge is -2.20. The zero-order chi connectivity index (χ0) is 14.5. The zero-order valence-electron chi connectivity index (χ0n) is 11.6. The molecule has 2 rings (SSSR count). The van der Waals surface area contributed by atoms with Gasteiger partial charge in [-0.05, 0) is 43.3 Å². The van der Waals surface area contributed by atoms with Crippen LogP contribution in [0.3, 0.4) is 0 Å². The summed E-state index contributed by atoms with van der Waals surface area (Å²) in [5, 5.41) is 12.4. The summed E-state index contributed by atoms with van der Waals surface area (Å²) in [4.78, 5) is 0. The maximum absolute atomic E-state index is 14.1. The summed E-state index contributed by atoms with van der Waals surface area (Å²) < 4.78 is 19.3. The zero-order valence-corrected chi connectivity index (χ0v) is 11.6. The summed E-state index contributed by atoms with van der Waals surface area (Å²) in [6.45, 7) is 0. The second-order valence-electron chi connectivity index (χ2n) is 4.57. The van der Waals surface area contributed by atoms with Gasteiger partial charge in [0.25, 0.3) is 0 Å². The van der Waals surface area contributed by atoms with Crippen LogP contribution in [0.1, 0.15) is 17.2 Å². The van der Waals surface area contributed by atoms with Crippen molar-refractivity contribution in [2.24, 2.45) is 0 Å². The highest BCUT2D eigenvalue weighted by Gasteiger charge is 2.19. The van der Waals surface area contributed by atoms with Gasteiger partial charge < -0.3 is 15.2 Å². The second kappa shape index (κ2) is 6.39. The number of halogens is 1. The van der Waals surface area contributed by atoms with E-state index in [0.29, 0.717) is 17.7 Å². The van der Waals surface area contributed by atoms with Crippen LogP contribution in [-0.4, -0.2) is 19.3 Å². The van der Waals surface area contributed by atoms with E-state index in [9.17, 15) is 9.50 Å². The number of phenolic OH excluding ortho intramolecular Hbond substituents is 1. The number of likely N-dealkylation sites (N-methyl/N-ethyl adjacent to an activating group) is 1. The Balaban J connectivity index is 2.31. The number of aromatic hydroxyl groups is 1. The van der Waals surface area contributed by atoms with Gasteiger partial charge >= 0.3 is 0 Å². The van der Waals surface area contributed by atoms with E-state index < -0.39 is 0 Å². The quantitative estimate of drug-likeness (QED) is 0.881. The van der Waals surface area contributed by atoms with Crippen LogP contribution < -0.4 is 10.1 Å². The average Bonchev–Trinajstić information content (AvgIpc) is 2.47. The Morgan fingerprint density at radius 1 is 1.20 bits per heavy atom. The molecule has 0 bridgehead atoms. The number of nitrogens with one attached hydrogen (secondary N) is 1. The fourth-order valence-electron chi connectivity index (χ4n) is 2.25. The summed E-state index contributed by atoms with van der Waals surface area (Å²) in [6.07, 6.45) is 0.605. The first-order chi connectivity index (χ1) is 9.65. The Morgan fingerprint density at radius 3 is 2.50 bits per heavy atom. The van der Waals surface area contributed by atoms with E-state index in [1.165, 1.54) is 13.2 Å². The lowest BCUT2D eigenvalue weighted by Crippen LogP contribution is -2.21. The van der Waals surface area contributed by atoms with Gasteiger partial charge in [0.15, 0.2) is 0 Å². The van der Waals surface area contributed by atoms with E-state index in [-0.39, 0.29) is 17.6 Å². The van der Waals surface area contributed by atoms with Gasteiger partial charge in [0.2, 0.25) is 0 Å². The molecule has 0 heterocycles. The maximum Gasteiger partial charge on any atom is 0.131 e. The molecule has 0 aliphatic carbocycles. The van der Waals surface area contributed by atoms with Crippen LogP contribution >= 0.6 is 0 Å². The highest BCUT2D eigenvalue weighted by Crippen LogP contribution is 2.30. The maximum atomic E-state index is 14.1. The molecule has 4 heteroatoms. The highest BCUT2D eigenvalue weighted by atomic mass is 19.1. The van der Waals surface area contributed by atoms with Crippen molar-refractivity contribution in [1.29, 1.82) is 0 Å². The molecule has 106 valence electrons. The Labute approximate surface area is 118 Å². The molecule has 0 aromatic heterocycles. The predicted octanol–water partition coefficient (Wildman–Crippen LogP) is 3.04. The van der Waals surface area contributed by atoms with Crippen LogP contribution in [0, 0.1) is 5.82 Å². The van der Waals surface area contributed by atoms with Gasteiger partial charge in [-0.3, -0.25) is 0 Å². The molecule has 0 saturated heterocycles. The summed E-state index contributed by atoms with van der Waals surface area (Å²) in [5.41, 5.74) is 1.53. The minimum absolute atomic E-state index is 0.198. The molecular weight excluding hydrogens is 257 g/mol. The van der Waals surface area contributed by atoms with Crippen molar-refractivity contribution in [3.8, 4) is 11.5 Å². The van der Waals surface area contributed by atoms with Crippen LogP contribution in [0.15, 0.2) is 42.5 Å². The lowest BCUT2D eigenvalue weighted by molar-refractivity contribution is 0.393. The van der Waals surface area contributed by atoms with E-state index in [0.717, 1.165) is 5.56 Å². The molecule has 2 aromatic carbocycles. The van der Waals surface area contributed by atoms with Crippen LogP contribution in [0.5, 0.6) is 11.5 Å². The molecule has 2 N–H and O–H groups in total. The number of hydrogen-bond donors (Lipinski definition) is 2. The lowest BCUT2D eigenvalue weighted by atomic mass is 9.97. The van der Waals surface area contributed by atoms with E-state index in [2.05, 4.69) is 5.32 Å². The fraction of sp³-hybridized carbons (Fsp3) is 0.250. The fourth-order valence-corrected chi connectivity index (χ4v) is 2.25. The number of rotatable bonds is 5. The minimum atomic E-state index is -0.289. The van der Waals surface area contributed by atoms with E-state index >= 15 is 0 Å². The number of benzene rings is 2. The van der Waals surface area contributed by atoms with E-state index in [1.54, 1.807) is 31.3 Å². The summed E-state index contributed by atoms with van der Waals surface area (Å²) in [7, 11) is 3.32. The minimum Gasteiger partial charge on any atom is -0.508 e. The Morgan fingerprint density at radius 2 is 1.90 bits per heavy atom. The number of hydrogen-bond acceptors (Lipinski definition) is 3. The average molecular weight is 275 g/mol. The van der Waals surface area contributed by atoms with Crippen molar-refractivity contribution >= 4 is 0 Å². The normalized spacial score (nSPS) is 12.2. The van der Waals surface area contributed by atoms with Crippen molar-refractivity contribution in [1.82, 2.24) is 5.32 Å². The Kier molecular flexibility index (Phi) is 4.58. The summed E-state index contributed by atoms with van der Waals surface area (Å²) in [5.74, 6) is 0.462. The third kappa shape index (κ3) is 3.08. The van der Waals surface area contributed by atoms with Crippen LogP contribution in [0.4, 0.5) is 4.39 Å². The molecule has 3 nitrogen and oxygen atoms in total. The Bertz CT molecular complexity index is 569. The molecule has 0 amide bonds. The van der Waals surface area contributed by atoms with Gasteiger partial charge in [0.1, 0.15) is 17.3 Å². The Hall–Kier alpha value is -2.07. The predicted molar refractivity (Wildman–Crippen MR) is 76.6 cm³/mol. The van der Waals surface area contributed by atoms with Gasteiger partial charge in [-0.1, -0.05) is 18.2 Å². The molecule has 0 radical (unpaired) electrons. The number of methoxy groups -OCH3 is 1. The topological polar surface area (TPSA) is 41.5 Å². The number of ether oxygens (including phenoxy) is 1. The van der Waals surface area contributed by atoms with Gasteiger partial charge in [-0.25, -0.2) is 4.39 Å². The first-order valence-electron chi connectivity index (χ1n) is 6.43. The second-order valence-corrected chi connectivity index (χ2v) is 4.57.